The van der Waals surface area contributed by atoms with Gasteiger partial charge in [-0.1, -0.05) is 73.7 Å². The van der Waals surface area contributed by atoms with Crippen LogP contribution in [0.25, 0.3) is 0 Å². The summed E-state index contributed by atoms with van der Waals surface area (Å²) >= 11 is 0. The Hall–Kier alpha value is -3.07. The van der Waals surface area contributed by atoms with Crippen LogP contribution in [0.2, 0.25) is 0 Å². The van der Waals surface area contributed by atoms with Crippen molar-refractivity contribution in [1.29, 1.82) is 0 Å². The van der Waals surface area contributed by atoms with Gasteiger partial charge in [0.1, 0.15) is 0 Å². The van der Waals surface area contributed by atoms with Crippen LogP contribution in [0.5, 0.6) is 0 Å². The summed E-state index contributed by atoms with van der Waals surface area (Å²) in [7, 11) is 2.00. The van der Waals surface area contributed by atoms with Crippen molar-refractivity contribution in [3.63, 3.8) is 0 Å². The van der Waals surface area contributed by atoms with Crippen molar-refractivity contribution in [2.45, 2.75) is 58.0 Å². The molecule has 3 aromatic carbocycles. The van der Waals surface area contributed by atoms with E-state index in [0.717, 1.165) is 22.3 Å². The topological polar surface area (TPSA) is 91.3 Å². The Bertz CT molecular complexity index is 1190. The highest BCUT2D eigenvalue weighted by Gasteiger charge is 2.39. The lowest BCUT2D eigenvalue weighted by molar-refractivity contribution is -0.276. The lowest BCUT2D eigenvalue weighted by atomic mass is 9.89. The minimum atomic E-state index is -0.643. The minimum absolute atomic E-state index is 0.00766. The molecular weight excluding hydrogens is 480 g/mol. The van der Waals surface area contributed by atoms with Gasteiger partial charge in [-0.25, -0.2) is 0 Å². The number of rotatable bonds is 9. The fraction of sp³-hybridized carbons (Fsp3) is 0.387. The first-order valence-corrected chi connectivity index (χ1v) is 13.1. The zero-order valence-electron chi connectivity index (χ0n) is 22.5. The number of hydrogen-bond donors (Lipinski definition) is 3. The van der Waals surface area contributed by atoms with E-state index in [1.165, 1.54) is 6.92 Å². The fourth-order valence-electron chi connectivity index (χ4n) is 4.91. The molecule has 4 rings (SSSR count). The summed E-state index contributed by atoms with van der Waals surface area (Å²) in [5, 5.41) is 23.3. The second kappa shape index (κ2) is 12.7. The van der Waals surface area contributed by atoms with E-state index in [0.29, 0.717) is 12.2 Å². The summed E-state index contributed by atoms with van der Waals surface area (Å²) in [4.78, 5) is 13.7. The average Bonchev–Trinajstić information content (AvgIpc) is 2.93. The highest BCUT2D eigenvalue weighted by atomic mass is 16.7. The summed E-state index contributed by atoms with van der Waals surface area (Å²) in [6.45, 7) is 6.18. The summed E-state index contributed by atoms with van der Waals surface area (Å²) in [5.74, 6) is -0.137. The number of aliphatic hydroxyl groups excluding tert-OH is 2. The van der Waals surface area contributed by atoms with Crippen LogP contribution in [0.3, 0.4) is 0 Å². The van der Waals surface area contributed by atoms with Crippen LogP contribution < -0.4 is 5.32 Å². The standard InChI is InChI=1S/C31H38N2O5/c1-20-28(18-33(4)21(2)29(36)24-9-6-5-7-10-24)37-31(26-11-8-12-27(17-26)32-22(3)35)38-30(20)25-15-13-23(19-34)14-16-25/h5-17,20-21,28-31,34,36H,18-19H2,1-4H3,(H,32,35)/t20-,21+,28+,29+,30+,31+/m0/s1. The maximum atomic E-state index is 11.6. The predicted molar refractivity (Wildman–Crippen MR) is 147 cm³/mol. The fourth-order valence-corrected chi connectivity index (χ4v) is 4.91. The average molecular weight is 519 g/mol. The van der Waals surface area contributed by atoms with Gasteiger partial charge in [-0.2, -0.15) is 0 Å². The van der Waals surface area contributed by atoms with Gasteiger partial charge in [-0.15, -0.1) is 0 Å². The van der Waals surface area contributed by atoms with E-state index < -0.39 is 12.4 Å². The lowest BCUT2D eigenvalue weighted by Gasteiger charge is -2.43. The number of benzene rings is 3. The molecule has 7 nitrogen and oxygen atoms in total. The molecule has 1 saturated heterocycles. The molecule has 0 spiro atoms. The number of nitrogens with zero attached hydrogens (tertiary/aromatic N) is 1. The van der Waals surface area contributed by atoms with Gasteiger partial charge in [0.15, 0.2) is 6.29 Å². The van der Waals surface area contributed by atoms with Gasteiger partial charge >= 0.3 is 0 Å². The Morgan fingerprint density at radius 1 is 1.00 bits per heavy atom. The monoisotopic (exact) mass is 518 g/mol. The summed E-state index contributed by atoms with van der Waals surface area (Å²) in [5.41, 5.74) is 4.21. The minimum Gasteiger partial charge on any atom is -0.392 e. The molecule has 0 bridgehead atoms. The first-order valence-electron chi connectivity index (χ1n) is 13.1. The molecule has 6 atom stereocenters. The first-order chi connectivity index (χ1) is 18.3. The molecule has 1 fully saturated rings. The second-order valence-corrected chi connectivity index (χ2v) is 10.2. The SMILES string of the molecule is CC(=O)Nc1cccc([C@@H]2O[C@H](CN(C)[C@H](C)[C@@H](O)c3ccccc3)[C@H](C)[C@H](c3ccc(CO)cc3)O2)c1. The van der Waals surface area contributed by atoms with Crippen molar-refractivity contribution in [1.82, 2.24) is 4.90 Å². The number of hydrogen-bond acceptors (Lipinski definition) is 6. The Kier molecular flexibility index (Phi) is 9.31. The van der Waals surface area contributed by atoms with Gasteiger partial charge < -0.3 is 25.0 Å². The molecule has 1 aliphatic rings. The van der Waals surface area contributed by atoms with Crippen molar-refractivity contribution in [2.24, 2.45) is 5.92 Å². The summed E-state index contributed by atoms with van der Waals surface area (Å²) in [6.07, 6.45) is -1.73. The maximum Gasteiger partial charge on any atom is 0.221 e. The molecule has 0 unspecified atom stereocenters. The van der Waals surface area contributed by atoms with E-state index in [4.69, 9.17) is 9.47 Å². The number of ether oxygens (including phenoxy) is 2. The van der Waals surface area contributed by atoms with Gasteiger partial charge in [0.05, 0.1) is 24.9 Å². The highest BCUT2D eigenvalue weighted by Crippen LogP contribution is 2.42. The molecule has 202 valence electrons. The Balaban J connectivity index is 1.59. The third-order valence-electron chi connectivity index (χ3n) is 7.36. The molecule has 1 amide bonds. The molecule has 0 aliphatic carbocycles. The van der Waals surface area contributed by atoms with Crippen molar-refractivity contribution < 1.29 is 24.5 Å². The van der Waals surface area contributed by atoms with Crippen molar-refractivity contribution in [3.8, 4) is 0 Å². The number of anilines is 1. The van der Waals surface area contributed by atoms with Crippen LogP contribution >= 0.6 is 0 Å². The molecule has 3 aromatic rings. The van der Waals surface area contributed by atoms with Crippen LogP contribution in [0.15, 0.2) is 78.9 Å². The molecule has 1 heterocycles. The van der Waals surface area contributed by atoms with E-state index in [1.807, 2.05) is 92.8 Å². The van der Waals surface area contributed by atoms with Crippen LogP contribution in [-0.2, 0) is 20.9 Å². The molecule has 7 heteroatoms. The number of nitrogens with one attached hydrogen (secondary N) is 1. The van der Waals surface area contributed by atoms with E-state index >= 15 is 0 Å². The lowest BCUT2D eigenvalue weighted by Crippen LogP contribution is -2.46. The number of carbonyl (C=O) groups is 1. The Morgan fingerprint density at radius 2 is 1.71 bits per heavy atom. The number of amides is 1. The van der Waals surface area contributed by atoms with Gasteiger partial charge in [0, 0.05) is 36.7 Å². The molecule has 3 N–H and O–H groups in total. The van der Waals surface area contributed by atoms with Crippen molar-refractivity contribution >= 4 is 11.6 Å². The van der Waals surface area contributed by atoms with Crippen LogP contribution in [0.1, 0.15) is 61.5 Å². The third kappa shape index (κ3) is 6.67. The van der Waals surface area contributed by atoms with Crippen molar-refractivity contribution in [3.05, 3.63) is 101 Å². The predicted octanol–water partition coefficient (Wildman–Crippen LogP) is 4.98. The molecule has 0 radical (unpaired) electrons. The van der Waals surface area contributed by atoms with Gasteiger partial charge in [0.2, 0.25) is 5.91 Å². The third-order valence-corrected chi connectivity index (χ3v) is 7.36. The Labute approximate surface area is 225 Å². The molecule has 0 saturated carbocycles. The number of aliphatic hydroxyl groups is 2. The second-order valence-electron chi connectivity index (χ2n) is 10.2. The van der Waals surface area contributed by atoms with Gasteiger partial charge in [-0.05, 0) is 42.8 Å². The molecule has 1 aliphatic heterocycles. The van der Waals surface area contributed by atoms with E-state index in [9.17, 15) is 15.0 Å². The van der Waals surface area contributed by atoms with Crippen LogP contribution in [0, 0.1) is 5.92 Å². The van der Waals surface area contributed by atoms with E-state index in [2.05, 4.69) is 17.1 Å². The molecule has 0 aromatic heterocycles. The normalized spacial score (nSPS) is 23.1. The van der Waals surface area contributed by atoms with Gasteiger partial charge in [0.25, 0.3) is 0 Å². The zero-order valence-corrected chi connectivity index (χ0v) is 22.5. The van der Waals surface area contributed by atoms with E-state index in [1.54, 1.807) is 0 Å². The van der Waals surface area contributed by atoms with Crippen LogP contribution in [-0.4, -0.2) is 46.8 Å². The Morgan fingerprint density at radius 3 is 2.37 bits per heavy atom. The largest absolute Gasteiger partial charge is 0.392 e. The van der Waals surface area contributed by atoms with Gasteiger partial charge in [-0.3, -0.25) is 9.69 Å². The first kappa shape index (κ1) is 28.0. The maximum absolute atomic E-state index is 11.6. The van der Waals surface area contributed by atoms with Crippen LogP contribution in [0.4, 0.5) is 5.69 Å². The van der Waals surface area contributed by atoms with E-state index in [-0.39, 0.29) is 36.7 Å². The zero-order chi connectivity index (χ0) is 27.2. The molecular formula is C31H38N2O5. The highest BCUT2D eigenvalue weighted by molar-refractivity contribution is 5.88. The summed E-state index contributed by atoms with van der Waals surface area (Å²) in [6, 6.07) is 24.8. The number of carbonyl (C=O) groups excluding carboxylic acids is 1. The smallest absolute Gasteiger partial charge is 0.221 e. The quantitative estimate of drug-likeness (QED) is 0.370. The summed E-state index contributed by atoms with van der Waals surface area (Å²) < 4.78 is 13.1. The molecule has 38 heavy (non-hydrogen) atoms. The number of likely N-dealkylation sites (N-methyl/N-ethyl adjacent to an activating group) is 1. The van der Waals surface area contributed by atoms with Crippen molar-refractivity contribution in [2.75, 3.05) is 18.9 Å².